The molecule has 0 unspecified atom stereocenters. The minimum Gasteiger partial charge on any atom is -0.471 e. The van der Waals surface area contributed by atoms with Gasteiger partial charge in [-0.1, -0.05) is 0 Å². The summed E-state index contributed by atoms with van der Waals surface area (Å²) in [4.78, 5) is 27.1. The number of hydrogen-bond acceptors (Lipinski definition) is 10. The topological polar surface area (TPSA) is 136 Å². The van der Waals surface area contributed by atoms with E-state index in [0.717, 1.165) is 21.8 Å². The zero-order valence-corrected chi connectivity index (χ0v) is 15.7. The standard InChI is InChI=1S/C20H16N6O4/c27-7-9-29-19-20(30-10-8-28)26-18-17(25-19)23-15-11-3-1-5-21-13(11)14-12(16(15)24-18)4-2-6-22-14/h1-6,27-28H,7-10H2. The summed E-state index contributed by atoms with van der Waals surface area (Å²) in [6.07, 6.45) is 3.42. The lowest BCUT2D eigenvalue weighted by Crippen LogP contribution is -2.10. The molecule has 10 nitrogen and oxygen atoms in total. The maximum atomic E-state index is 9.07. The molecule has 0 radical (unpaired) electrons. The van der Waals surface area contributed by atoms with Gasteiger partial charge in [-0.15, -0.1) is 0 Å². The summed E-state index contributed by atoms with van der Waals surface area (Å²) in [6, 6.07) is 7.48. The highest BCUT2D eigenvalue weighted by molar-refractivity contribution is 6.21. The molecule has 0 aliphatic carbocycles. The number of rotatable bonds is 6. The summed E-state index contributed by atoms with van der Waals surface area (Å²) in [6.45, 7) is -0.366. The van der Waals surface area contributed by atoms with Gasteiger partial charge in [-0.3, -0.25) is 9.97 Å². The molecule has 4 aromatic heterocycles. The van der Waals surface area contributed by atoms with Crippen LogP contribution < -0.4 is 9.47 Å². The first-order chi connectivity index (χ1) is 14.8. The molecule has 0 aliphatic rings. The Morgan fingerprint density at radius 3 is 1.53 bits per heavy atom. The third-order valence-corrected chi connectivity index (χ3v) is 4.47. The van der Waals surface area contributed by atoms with Gasteiger partial charge in [0.05, 0.1) is 24.2 Å². The number of pyridine rings is 2. The summed E-state index contributed by atoms with van der Waals surface area (Å²) in [7, 11) is 0. The van der Waals surface area contributed by atoms with E-state index in [1.54, 1.807) is 12.4 Å². The van der Waals surface area contributed by atoms with Gasteiger partial charge in [-0.2, -0.15) is 9.97 Å². The van der Waals surface area contributed by atoms with E-state index in [9.17, 15) is 0 Å². The molecule has 0 atom stereocenters. The van der Waals surface area contributed by atoms with Crippen molar-refractivity contribution in [2.45, 2.75) is 0 Å². The number of aliphatic hydroxyl groups is 2. The Morgan fingerprint density at radius 1 is 0.633 bits per heavy atom. The lowest BCUT2D eigenvalue weighted by molar-refractivity contribution is 0.170. The van der Waals surface area contributed by atoms with E-state index in [-0.39, 0.29) is 49.5 Å². The van der Waals surface area contributed by atoms with Crippen LogP contribution in [0.5, 0.6) is 11.8 Å². The maximum Gasteiger partial charge on any atom is 0.280 e. The molecule has 5 aromatic rings. The van der Waals surface area contributed by atoms with Crippen LogP contribution in [0.2, 0.25) is 0 Å². The second-order valence-electron chi connectivity index (χ2n) is 6.35. The van der Waals surface area contributed by atoms with Crippen LogP contribution in [0.25, 0.3) is 44.1 Å². The SMILES string of the molecule is OCCOc1nc2nc3c4cccnc4c4ncccc4c3nc2nc1OCCO. The summed E-state index contributed by atoms with van der Waals surface area (Å²) in [5, 5.41) is 19.7. The molecule has 0 saturated carbocycles. The minimum atomic E-state index is -0.197. The smallest absolute Gasteiger partial charge is 0.280 e. The highest BCUT2D eigenvalue weighted by Crippen LogP contribution is 2.32. The van der Waals surface area contributed by atoms with Crippen molar-refractivity contribution >= 4 is 44.1 Å². The van der Waals surface area contributed by atoms with E-state index < -0.39 is 0 Å². The van der Waals surface area contributed by atoms with E-state index in [0.29, 0.717) is 11.0 Å². The highest BCUT2D eigenvalue weighted by Gasteiger charge is 2.18. The fourth-order valence-electron chi connectivity index (χ4n) is 3.27. The number of ether oxygens (including phenoxy) is 2. The normalized spacial score (nSPS) is 11.5. The molecule has 0 saturated heterocycles. The Morgan fingerprint density at radius 2 is 1.10 bits per heavy atom. The first kappa shape index (κ1) is 18.3. The van der Waals surface area contributed by atoms with Crippen molar-refractivity contribution in [2.75, 3.05) is 26.4 Å². The Kier molecular flexibility index (Phi) is 4.62. The van der Waals surface area contributed by atoms with Crippen LogP contribution in [-0.4, -0.2) is 66.5 Å². The Balaban J connectivity index is 1.84. The van der Waals surface area contributed by atoms with Crippen LogP contribution in [0.15, 0.2) is 36.7 Å². The van der Waals surface area contributed by atoms with Gasteiger partial charge in [0.2, 0.25) is 11.3 Å². The van der Waals surface area contributed by atoms with Crippen LogP contribution in [0, 0.1) is 0 Å². The molecule has 0 spiro atoms. The molecule has 1 aromatic carbocycles. The average molecular weight is 404 g/mol. The Bertz CT molecular complexity index is 1290. The number of hydrogen-bond donors (Lipinski definition) is 2. The molecule has 4 heterocycles. The fraction of sp³-hybridized carbons (Fsp3) is 0.200. The number of benzene rings is 1. The van der Waals surface area contributed by atoms with Crippen molar-refractivity contribution in [3.05, 3.63) is 36.7 Å². The third-order valence-electron chi connectivity index (χ3n) is 4.47. The van der Waals surface area contributed by atoms with Crippen molar-refractivity contribution in [3.8, 4) is 11.8 Å². The van der Waals surface area contributed by atoms with Crippen LogP contribution in [0.1, 0.15) is 0 Å². The second kappa shape index (κ2) is 7.58. The zero-order chi connectivity index (χ0) is 20.5. The van der Waals surface area contributed by atoms with Gasteiger partial charge in [-0.05, 0) is 24.3 Å². The minimum absolute atomic E-state index is 0.0137. The van der Waals surface area contributed by atoms with Gasteiger partial charge in [0.1, 0.15) is 24.2 Å². The Hall–Kier alpha value is -3.76. The van der Waals surface area contributed by atoms with Crippen LogP contribution in [0.4, 0.5) is 0 Å². The van der Waals surface area contributed by atoms with E-state index in [2.05, 4.69) is 19.9 Å². The van der Waals surface area contributed by atoms with Gasteiger partial charge in [0.25, 0.3) is 11.8 Å². The molecule has 0 fully saturated rings. The molecular weight excluding hydrogens is 388 g/mol. The molecule has 10 heteroatoms. The van der Waals surface area contributed by atoms with Crippen molar-refractivity contribution < 1.29 is 19.7 Å². The van der Waals surface area contributed by atoms with Gasteiger partial charge in [0, 0.05) is 23.2 Å². The lowest BCUT2D eigenvalue weighted by Gasteiger charge is -2.11. The van der Waals surface area contributed by atoms with E-state index in [4.69, 9.17) is 29.7 Å². The lowest BCUT2D eigenvalue weighted by atomic mass is 10.1. The number of fused-ring (bicyclic) bond motifs is 7. The van der Waals surface area contributed by atoms with Crippen molar-refractivity contribution in [1.29, 1.82) is 0 Å². The van der Waals surface area contributed by atoms with Crippen molar-refractivity contribution in [3.63, 3.8) is 0 Å². The van der Waals surface area contributed by atoms with Gasteiger partial charge in [-0.25, -0.2) is 9.97 Å². The Labute approximate surface area is 169 Å². The van der Waals surface area contributed by atoms with Crippen molar-refractivity contribution in [1.82, 2.24) is 29.9 Å². The maximum absolute atomic E-state index is 9.07. The molecule has 0 bridgehead atoms. The van der Waals surface area contributed by atoms with Gasteiger partial charge < -0.3 is 19.7 Å². The van der Waals surface area contributed by atoms with Gasteiger partial charge >= 0.3 is 0 Å². The largest absolute Gasteiger partial charge is 0.471 e. The summed E-state index contributed by atoms with van der Waals surface area (Å²) < 4.78 is 10.9. The number of nitrogens with zero attached hydrogens (tertiary/aromatic N) is 6. The monoisotopic (exact) mass is 404 g/mol. The fourth-order valence-corrected chi connectivity index (χ4v) is 3.27. The van der Waals surface area contributed by atoms with E-state index in [1.165, 1.54) is 0 Å². The van der Waals surface area contributed by atoms with E-state index >= 15 is 0 Å². The molecule has 30 heavy (non-hydrogen) atoms. The quantitative estimate of drug-likeness (QED) is 0.316. The summed E-state index contributed by atoms with van der Waals surface area (Å²) >= 11 is 0. The summed E-state index contributed by atoms with van der Waals surface area (Å²) in [5.74, 6) is 0.145. The third kappa shape index (κ3) is 2.98. The van der Waals surface area contributed by atoms with Crippen molar-refractivity contribution in [2.24, 2.45) is 0 Å². The van der Waals surface area contributed by atoms with Crippen LogP contribution in [-0.2, 0) is 0 Å². The highest BCUT2D eigenvalue weighted by atomic mass is 16.5. The molecule has 150 valence electrons. The predicted molar refractivity (Wildman–Crippen MR) is 108 cm³/mol. The number of aliphatic hydroxyl groups excluding tert-OH is 2. The molecule has 0 aliphatic heterocycles. The van der Waals surface area contributed by atoms with Gasteiger partial charge in [0.15, 0.2) is 0 Å². The number of aromatic nitrogens is 6. The van der Waals surface area contributed by atoms with Crippen LogP contribution >= 0.6 is 0 Å². The molecule has 0 amide bonds. The summed E-state index contributed by atoms with van der Waals surface area (Å²) in [5.41, 5.74) is 3.22. The average Bonchev–Trinajstić information content (AvgIpc) is 2.80. The van der Waals surface area contributed by atoms with E-state index in [1.807, 2.05) is 24.3 Å². The first-order valence-corrected chi connectivity index (χ1v) is 9.28. The molecular formula is C20H16N6O4. The predicted octanol–water partition coefficient (Wildman–Crippen LogP) is 1.41. The second-order valence-corrected chi connectivity index (χ2v) is 6.35. The first-order valence-electron chi connectivity index (χ1n) is 9.28. The molecule has 2 N–H and O–H groups in total. The van der Waals surface area contributed by atoms with Crippen LogP contribution in [0.3, 0.4) is 0 Å². The zero-order valence-electron chi connectivity index (χ0n) is 15.7. The molecule has 5 rings (SSSR count).